The van der Waals surface area contributed by atoms with Crippen molar-refractivity contribution < 1.29 is 17.6 Å². The molecule has 1 heterocycles. The van der Waals surface area contributed by atoms with E-state index in [0.29, 0.717) is 0 Å². The molecule has 2 rings (SSSR count). The molecule has 0 fully saturated rings. The van der Waals surface area contributed by atoms with Gasteiger partial charge in [0.15, 0.2) is 0 Å². The Hall–Kier alpha value is -2.23. The van der Waals surface area contributed by atoms with Crippen LogP contribution < -0.4 is 16.0 Å². The maximum absolute atomic E-state index is 13.5. The summed E-state index contributed by atoms with van der Waals surface area (Å²) < 4.78 is 41.5. The van der Waals surface area contributed by atoms with E-state index in [1.54, 1.807) is 6.07 Å². The molecule has 0 aliphatic heterocycles. The lowest BCUT2D eigenvalue weighted by molar-refractivity contribution is 0.0945. The zero-order chi connectivity index (χ0) is 16.3. The SMILES string of the molecule is Cn1cc(S(=O)(=O)NCc2ccccc2F)cc1C(=O)NN. The maximum Gasteiger partial charge on any atom is 0.281 e. The molecule has 0 aliphatic carbocycles. The third-order valence-electron chi connectivity index (χ3n) is 3.06. The van der Waals surface area contributed by atoms with Crippen molar-refractivity contribution in [3.8, 4) is 0 Å². The highest BCUT2D eigenvalue weighted by Gasteiger charge is 2.20. The van der Waals surface area contributed by atoms with Gasteiger partial charge >= 0.3 is 0 Å². The van der Waals surface area contributed by atoms with Gasteiger partial charge in [-0.25, -0.2) is 23.4 Å². The number of nitrogens with two attached hydrogens (primary N) is 1. The van der Waals surface area contributed by atoms with Crippen LogP contribution in [0.4, 0.5) is 4.39 Å². The first-order valence-electron chi connectivity index (χ1n) is 6.25. The lowest BCUT2D eigenvalue weighted by Crippen LogP contribution is -2.31. The zero-order valence-corrected chi connectivity index (χ0v) is 12.5. The largest absolute Gasteiger partial charge is 0.345 e. The first-order valence-corrected chi connectivity index (χ1v) is 7.74. The molecular formula is C13H15FN4O3S. The summed E-state index contributed by atoms with van der Waals surface area (Å²) in [6.45, 7) is -0.192. The van der Waals surface area contributed by atoms with Crippen molar-refractivity contribution >= 4 is 15.9 Å². The molecule has 1 aromatic carbocycles. The average molecular weight is 326 g/mol. The number of amides is 1. The highest BCUT2D eigenvalue weighted by molar-refractivity contribution is 7.89. The van der Waals surface area contributed by atoms with Crippen molar-refractivity contribution in [1.82, 2.24) is 14.7 Å². The number of nitrogens with one attached hydrogen (secondary N) is 2. The van der Waals surface area contributed by atoms with E-state index in [4.69, 9.17) is 5.84 Å². The van der Waals surface area contributed by atoms with Gasteiger partial charge in [-0.05, 0) is 12.1 Å². The quantitative estimate of drug-likeness (QED) is 0.416. The summed E-state index contributed by atoms with van der Waals surface area (Å²) in [5, 5.41) is 0. The van der Waals surface area contributed by atoms with Crippen LogP contribution in [0.3, 0.4) is 0 Å². The van der Waals surface area contributed by atoms with Crippen LogP contribution in [0.15, 0.2) is 41.4 Å². The summed E-state index contributed by atoms with van der Waals surface area (Å²) >= 11 is 0. The number of rotatable bonds is 5. The highest BCUT2D eigenvalue weighted by atomic mass is 32.2. The summed E-state index contributed by atoms with van der Waals surface area (Å²) in [5.41, 5.74) is 2.24. The molecular weight excluding hydrogens is 311 g/mol. The summed E-state index contributed by atoms with van der Waals surface area (Å²) in [6, 6.07) is 7.04. The van der Waals surface area contributed by atoms with Crippen LogP contribution in [-0.4, -0.2) is 18.9 Å². The van der Waals surface area contributed by atoms with E-state index in [2.05, 4.69) is 4.72 Å². The number of carbonyl (C=O) groups is 1. The van der Waals surface area contributed by atoms with E-state index in [9.17, 15) is 17.6 Å². The van der Waals surface area contributed by atoms with E-state index in [0.717, 1.165) is 0 Å². The topological polar surface area (TPSA) is 106 Å². The minimum Gasteiger partial charge on any atom is -0.345 e. The minimum absolute atomic E-state index is 0.0915. The first-order chi connectivity index (χ1) is 10.3. The molecule has 4 N–H and O–H groups in total. The van der Waals surface area contributed by atoms with Gasteiger partial charge in [0, 0.05) is 25.4 Å². The van der Waals surface area contributed by atoms with Crippen LogP contribution in [0.1, 0.15) is 16.1 Å². The Morgan fingerprint density at radius 1 is 1.36 bits per heavy atom. The Bertz CT molecular complexity index is 801. The fourth-order valence-corrected chi connectivity index (χ4v) is 2.95. The van der Waals surface area contributed by atoms with Crippen molar-refractivity contribution in [3.63, 3.8) is 0 Å². The van der Waals surface area contributed by atoms with Gasteiger partial charge in [0.25, 0.3) is 5.91 Å². The van der Waals surface area contributed by atoms with Crippen molar-refractivity contribution in [2.75, 3.05) is 0 Å². The van der Waals surface area contributed by atoms with Gasteiger partial charge in [-0.1, -0.05) is 18.2 Å². The second-order valence-corrected chi connectivity index (χ2v) is 6.33. The number of sulfonamides is 1. The standard InChI is InChI=1S/C13H15FN4O3S/c1-18-8-10(6-12(18)13(19)17-15)22(20,21)16-7-9-4-2-3-5-11(9)14/h2-6,8,16H,7,15H2,1H3,(H,17,19). The molecule has 1 amide bonds. The van der Waals surface area contributed by atoms with Crippen LogP contribution in [0.5, 0.6) is 0 Å². The molecule has 1 aromatic heterocycles. The van der Waals surface area contributed by atoms with E-state index in [1.807, 2.05) is 5.43 Å². The van der Waals surface area contributed by atoms with E-state index < -0.39 is 21.7 Å². The molecule has 22 heavy (non-hydrogen) atoms. The van der Waals surface area contributed by atoms with E-state index >= 15 is 0 Å². The van der Waals surface area contributed by atoms with Gasteiger partial charge < -0.3 is 4.57 Å². The van der Waals surface area contributed by atoms with Crippen molar-refractivity contribution in [3.05, 3.63) is 53.6 Å². The van der Waals surface area contributed by atoms with Crippen molar-refractivity contribution in [2.24, 2.45) is 12.9 Å². The zero-order valence-electron chi connectivity index (χ0n) is 11.7. The molecule has 2 aromatic rings. The average Bonchev–Trinajstić information content (AvgIpc) is 2.88. The van der Waals surface area contributed by atoms with Crippen molar-refractivity contribution in [1.29, 1.82) is 0 Å². The molecule has 9 heteroatoms. The van der Waals surface area contributed by atoms with E-state index in [-0.39, 0.29) is 22.7 Å². The molecule has 118 valence electrons. The summed E-state index contributed by atoms with van der Waals surface area (Å²) in [6.07, 6.45) is 1.27. The predicted octanol–water partition coefficient (Wildman–Crippen LogP) is 0.246. The van der Waals surface area contributed by atoms with Crippen LogP contribution in [0, 0.1) is 5.82 Å². The van der Waals surface area contributed by atoms with Gasteiger partial charge in [-0.2, -0.15) is 0 Å². The first kappa shape index (κ1) is 16.1. The lowest BCUT2D eigenvalue weighted by Gasteiger charge is -2.05. The fourth-order valence-electron chi connectivity index (χ4n) is 1.88. The Morgan fingerprint density at radius 2 is 2.05 bits per heavy atom. The van der Waals surface area contributed by atoms with Gasteiger partial charge in [0.1, 0.15) is 16.4 Å². The van der Waals surface area contributed by atoms with Crippen LogP contribution >= 0.6 is 0 Å². The van der Waals surface area contributed by atoms with E-state index in [1.165, 1.54) is 42.1 Å². The number of aryl methyl sites for hydroxylation is 1. The smallest absolute Gasteiger partial charge is 0.281 e. The molecule has 0 unspecified atom stereocenters. The number of carbonyl (C=O) groups excluding carboxylic acids is 1. The van der Waals surface area contributed by atoms with Gasteiger partial charge in [-0.3, -0.25) is 10.2 Å². The number of aromatic nitrogens is 1. The Morgan fingerprint density at radius 3 is 2.68 bits per heavy atom. The third kappa shape index (κ3) is 3.32. The molecule has 0 saturated heterocycles. The normalized spacial score (nSPS) is 11.4. The molecule has 0 aliphatic rings. The number of benzene rings is 1. The van der Waals surface area contributed by atoms with Crippen molar-refractivity contribution in [2.45, 2.75) is 11.4 Å². The number of hydrogen-bond acceptors (Lipinski definition) is 4. The monoisotopic (exact) mass is 326 g/mol. The lowest BCUT2D eigenvalue weighted by atomic mass is 10.2. The molecule has 0 bridgehead atoms. The van der Waals surface area contributed by atoms with Crippen LogP contribution in [-0.2, 0) is 23.6 Å². The molecule has 0 spiro atoms. The van der Waals surface area contributed by atoms with Gasteiger partial charge in [0.05, 0.1) is 0 Å². The molecule has 0 radical (unpaired) electrons. The second kappa shape index (κ2) is 6.26. The van der Waals surface area contributed by atoms with Gasteiger partial charge in [0.2, 0.25) is 10.0 Å². The summed E-state index contributed by atoms with van der Waals surface area (Å²) in [4.78, 5) is 11.4. The number of nitrogen functional groups attached to an aromatic ring is 1. The highest BCUT2D eigenvalue weighted by Crippen LogP contribution is 2.14. The van der Waals surface area contributed by atoms with Crippen LogP contribution in [0.25, 0.3) is 0 Å². The Labute approximate surface area is 127 Å². The summed E-state index contributed by atoms with van der Waals surface area (Å²) in [7, 11) is -2.36. The molecule has 0 atom stereocenters. The second-order valence-electron chi connectivity index (χ2n) is 4.56. The number of halogens is 1. The number of hydrogen-bond donors (Lipinski definition) is 3. The van der Waals surface area contributed by atoms with Gasteiger partial charge in [-0.15, -0.1) is 0 Å². The minimum atomic E-state index is -3.88. The number of hydrazine groups is 1. The number of nitrogens with zero attached hydrogens (tertiary/aromatic N) is 1. The Kier molecular flexibility index (Phi) is 4.59. The fraction of sp³-hybridized carbons (Fsp3) is 0.154. The Balaban J connectivity index is 2.21. The maximum atomic E-state index is 13.5. The molecule has 7 nitrogen and oxygen atoms in total. The summed E-state index contributed by atoms with van der Waals surface area (Å²) in [5.74, 6) is 3.91. The molecule has 0 saturated carbocycles. The van der Waals surface area contributed by atoms with Crippen LogP contribution in [0.2, 0.25) is 0 Å². The predicted molar refractivity (Wildman–Crippen MR) is 77.5 cm³/mol. The third-order valence-corrected chi connectivity index (χ3v) is 4.43.